The number of hydrogen-bond donors (Lipinski definition) is 1. The number of fused-ring (bicyclic) bond motifs is 4. The van der Waals surface area contributed by atoms with Crippen LogP contribution in [-0.2, 0) is 26.1 Å². The van der Waals surface area contributed by atoms with E-state index in [9.17, 15) is 22.9 Å². The summed E-state index contributed by atoms with van der Waals surface area (Å²) in [5.41, 5.74) is 4.93. The topological polar surface area (TPSA) is 138 Å². The third-order valence-corrected chi connectivity index (χ3v) is 9.67. The highest BCUT2D eigenvalue weighted by Gasteiger charge is 2.32. The quantitative estimate of drug-likeness (QED) is 0.214. The first-order chi connectivity index (χ1) is 21.9. The highest BCUT2D eigenvalue weighted by Crippen LogP contribution is 2.47. The summed E-state index contributed by atoms with van der Waals surface area (Å²) in [5.74, 6) is -0.915. The molecule has 0 spiro atoms. The molecule has 0 radical (unpaired) electrons. The molecule has 252 valence electrons. The molecule has 3 aliphatic rings. The van der Waals surface area contributed by atoms with Crippen LogP contribution < -0.4 is 15.2 Å². The van der Waals surface area contributed by atoms with Crippen molar-refractivity contribution < 1.29 is 37.2 Å². The number of carboxylic acid groups (broad SMARTS) is 1. The number of ether oxygens (including phenoxy) is 1. The maximum absolute atomic E-state index is 12.7. The van der Waals surface area contributed by atoms with Crippen LogP contribution in [0, 0.1) is 10.8 Å². The van der Waals surface area contributed by atoms with Crippen LogP contribution in [0.4, 0.5) is 0 Å². The third kappa shape index (κ3) is 7.07. The van der Waals surface area contributed by atoms with Gasteiger partial charge in [-0.3, -0.25) is 0 Å². The van der Waals surface area contributed by atoms with Gasteiger partial charge in [-0.25, -0.2) is 13.2 Å². The molecule has 0 fully saturated rings. The molecule has 8 nitrogen and oxygen atoms in total. The van der Waals surface area contributed by atoms with E-state index in [1.807, 2.05) is 38.1 Å². The van der Waals surface area contributed by atoms with Gasteiger partial charge in [-0.1, -0.05) is 83.5 Å². The Morgan fingerprint density at radius 3 is 2.19 bits per heavy atom. The Hall–Kier alpha value is -3.98. The van der Waals surface area contributed by atoms with Crippen molar-refractivity contribution in [2.75, 3.05) is 5.75 Å². The predicted octanol–water partition coefficient (Wildman–Crippen LogP) is 7.22. The number of benzene rings is 3. The third-order valence-electron chi connectivity index (χ3n) is 8.37. The monoisotopic (exact) mass is 709 g/mol. The van der Waals surface area contributed by atoms with E-state index in [1.165, 1.54) is 11.6 Å². The highest BCUT2D eigenvalue weighted by molar-refractivity contribution is 7.86. The summed E-state index contributed by atoms with van der Waals surface area (Å²) in [6, 6.07) is 10.7. The fraction of sp³-hybridized carbons (Fsp3) is 0.297. The van der Waals surface area contributed by atoms with Crippen molar-refractivity contribution in [2.24, 2.45) is 10.8 Å². The lowest BCUT2D eigenvalue weighted by Gasteiger charge is -2.32. The molecule has 0 aromatic heterocycles. The molecule has 0 amide bonds. The van der Waals surface area contributed by atoms with Crippen LogP contribution in [0.1, 0.15) is 86.6 Å². The van der Waals surface area contributed by atoms with Crippen molar-refractivity contribution in [3.63, 3.8) is 0 Å². The average Bonchev–Trinajstić information content (AvgIpc) is 2.93. The van der Waals surface area contributed by atoms with Crippen LogP contribution in [0.25, 0.3) is 22.8 Å². The van der Waals surface area contributed by atoms with Gasteiger partial charge in [0.05, 0.1) is 26.5 Å². The van der Waals surface area contributed by atoms with Crippen molar-refractivity contribution in [1.82, 2.24) is 0 Å². The van der Waals surface area contributed by atoms with Crippen molar-refractivity contribution in [1.29, 1.82) is 0 Å². The molecular formula is C37H35Cl2O8S-. The first-order valence-electron chi connectivity index (χ1n) is 14.7. The second kappa shape index (κ2) is 13.1. The smallest absolute Gasteiger partial charge is 0.373 e. The summed E-state index contributed by atoms with van der Waals surface area (Å²) >= 11 is 13.3. The Balaban J connectivity index is 0.00000125. The normalized spacial score (nSPS) is 16.3. The zero-order valence-corrected chi connectivity index (χ0v) is 28.6. The molecule has 1 N–H and O–H groups in total. The number of hydrogen-bond acceptors (Lipinski definition) is 7. The fourth-order valence-corrected chi connectivity index (χ4v) is 7.93. The standard InChI is InChI=1S/C35H32Cl2O6S.CO2.CH4/c1-6-18-13-34(2,3)14-19-9-28-24(11-22(18)19)30(31-26(36)7-8-27(37)32(31)33(38)39)25-12-23-20(10-29(25)43-28)15-35(4,5)16-21(23)17-44(40,41)42;2-1-3;/h7-13,15-16H,6,14,17H2,1-5H3,(H,38,39)(H,40,41,42);;1H4/p-1. The molecule has 3 aromatic rings. The van der Waals surface area contributed by atoms with Gasteiger partial charge >= 0.3 is 12.1 Å². The summed E-state index contributed by atoms with van der Waals surface area (Å²) < 4.78 is 42.5. The molecule has 6 rings (SSSR count). The number of rotatable bonds is 5. The molecule has 1 aliphatic heterocycles. The van der Waals surface area contributed by atoms with Gasteiger partial charge < -0.3 is 14.4 Å². The van der Waals surface area contributed by atoms with E-state index in [-0.39, 0.29) is 40.2 Å². The van der Waals surface area contributed by atoms with Crippen LogP contribution in [0.15, 0.2) is 48.6 Å². The lowest BCUT2D eigenvalue weighted by molar-refractivity contribution is -0.191. The van der Waals surface area contributed by atoms with Gasteiger partial charge in [-0.15, -0.1) is 0 Å². The Morgan fingerprint density at radius 2 is 1.58 bits per heavy atom. The van der Waals surface area contributed by atoms with Gasteiger partial charge in [0.25, 0.3) is 0 Å². The minimum atomic E-state index is -4.60. The Labute approximate surface area is 289 Å². The summed E-state index contributed by atoms with van der Waals surface area (Å²) in [6.07, 6.45) is 7.90. The Bertz CT molecular complexity index is 2200. The van der Waals surface area contributed by atoms with E-state index >= 15 is 0 Å². The summed E-state index contributed by atoms with van der Waals surface area (Å²) in [6.45, 7) is 10.4. The number of aromatic carboxylic acids is 1. The van der Waals surface area contributed by atoms with Crippen LogP contribution in [-0.4, -0.2) is 36.0 Å². The van der Waals surface area contributed by atoms with Crippen molar-refractivity contribution in [3.05, 3.63) is 102 Å². The molecule has 48 heavy (non-hydrogen) atoms. The molecule has 0 saturated heterocycles. The molecule has 3 aromatic carbocycles. The second-order valence-electron chi connectivity index (χ2n) is 13.1. The molecule has 0 atom stereocenters. The number of carboxylic acids is 1. The summed E-state index contributed by atoms with van der Waals surface area (Å²) in [5, 5.41) is 11.8. The van der Waals surface area contributed by atoms with Crippen LogP contribution in [0.3, 0.4) is 0 Å². The first-order valence-corrected chi connectivity index (χ1v) is 17.1. The number of carbonyl (C=O) groups is 1. The van der Waals surface area contributed by atoms with Crippen molar-refractivity contribution in [2.45, 2.75) is 54.9 Å². The van der Waals surface area contributed by atoms with Gasteiger partial charge in [-0.2, -0.15) is 9.59 Å². The van der Waals surface area contributed by atoms with E-state index in [1.54, 1.807) is 18.2 Å². The van der Waals surface area contributed by atoms with E-state index < -0.39 is 27.3 Å². The zero-order valence-electron chi connectivity index (χ0n) is 26.3. The molecule has 0 bridgehead atoms. The van der Waals surface area contributed by atoms with E-state index in [0.717, 1.165) is 24.0 Å². The van der Waals surface area contributed by atoms with Crippen LogP contribution >= 0.6 is 23.2 Å². The zero-order chi connectivity index (χ0) is 34.6. The predicted molar refractivity (Wildman–Crippen MR) is 186 cm³/mol. The minimum absolute atomic E-state index is 0. The fourth-order valence-electron chi connectivity index (χ4n) is 6.82. The number of halogens is 2. The van der Waals surface area contributed by atoms with Crippen molar-refractivity contribution in [3.8, 4) is 11.5 Å². The Kier molecular flexibility index (Phi) is 10.1. The number of carbonyl (C=O) groups excluding carboxylic acids is 2. The molecule has 2 aliphatic carbocycles. The van der Waals surface area contributed by atoms with E-state index in [0.29, 0.717) is 44.2 Å². The Morgan fingerprint density at radius 1 is 0.938 bits per heavy atom. The molecule has 11 heteroatoms. The van der Waals surface area contributed by atoms with E-state index in [4.69, 9.17) is 37.5 Å². The largest absolute Gasteiger partial charge is 0.748 e. The second-order valence-corrected chi connectivity index (χ2v) is 15.3. The lowest BCUT2D eigenvalue weighted by Crippen LogP contribution is -2.29. The van der Waals surface area contributed by atoms with Gasteiger partial charge in [0.1, 0.15) is 11.5 Å². The van der Waals surface area contributed by atoms with Crippen LogP contribution in [0.5, 0.6) is 11.5 Å². The summed E-state index contributed by atoms with van der Waals surface area (Å²) in [7, 11) is -4.60. The molecule has 1 heterocycles. The van der Waals surface area contributed by atoms with Gasteiger partial charge in [-0.05, 0) is 87.7 Å². The maximum Gasteiger partial charge on any atom is 0.373 e. The molecular weight excluding hydrogens is 675 g/mol. The van der Waals surface area contributed by atoms with Crippen LogP contribution in [0.2, 0.25) is 10.0 Å². The SMILES string of the molecule is C.CCC1=CC(C)(C)Cc2cc3c(cc21)C(c1c(Cl)ccc(Cl)c1C(=O)O)=c1cc2c(cc1O3)=CC(C)(C)C=C2CS(=O)(=O)[O-].O=C=O. The molecule has 0 saturated carbocycles. The molecule has 0 unspecified atom stereocenters. The summed E-state index contributed by atoms with van der Waals surface area (Å²) in [4.78, 5) is 28.9. The van der Waals surface area contributed by atoms with Gasteiger partial charge in [0.2, 0.25) is 0 Å². The van der Waals surface area contributed by atoms with Gasteiger partial charge in [0.15, 0.2) is 0 Å². The van der Waals surface area contributed by atoms with E-state index in [2.05, 4.69) is 26.8 Å². The van der Waals surface area contributed by atoms with Crippen molar-refractivity contribution >= 4 is 68.2 Å². The average molecular weight is 711 g/mol. The maximum atomic E-state index is 12.7. The first kappa shape index (κ1) is 36.8. The van der Waals surface area contributed by atoms with Gasteiger partial charge in [0, 0.05) is 32.4 Å². The minimum Gasteiger partial charge on any atom is -0.748 e. The highest BCUT2D eigenvalue weighted by atomic mass is 35.5. The number of allylic oxidation sites excluding steroid dienone is 3. The lowest BCUT2D eigenvalue weighted by atomic mass is 9.74.